The van der Waals surface area contributed by atoms with E-state index in [0.29, 0.717) is 0 Å². The molecule has 0 fully saturated rings. The summed E-state index contributed by atoms with van der Waals surface area (Å²) < 4.78 is 3.86. The topological polar surface area (TPSA) is 49.6 Å². The lowest BCUT2D eigenvalue weighted by atomic mass is 9.91. The summed E-state index contributed by atoms with van der Waals surface area (Å²) in [5.41, 5.74) is -0.443. The number of aromatic nitrogens is 2. The molecule has 11 heavy (non-hydrogen) atoms. The molecule has 1 aromatic heterocycles. The van der Waals surface area contributed by atoms with Gasteiger partial charge in [-0.3, -0.25) is 0 Å². The van der Waals surface area contributed by atoms with Crippen LogP contribution < -0.4 is 0 Å². The molecule has 0 saturated carbocycles. The summed E-state index contributed by atoms with van der Waals surface area (Å²) in [6.07, 6.45) is 2.27. The van der Waals surface area contributed by atoms with Crippen molar-refractivity contribution in [2.24, 2.45) is 0 Å². The summed E-state index contributed by atoms with van der Waals surface area (Å²) in [7, 11) is 0. The molecule has 0 amide bonds. The minimum absolute atomic E-state index is 0.443. The zero-order chi connectivity index (χ0) is 8.32. The molecule has 4 heteroatoms. The number of hydrogen-bond acceptors (Lipinski definition) is 4. The van der Waals surface area contributed by atoms with Gasteiger partial charge in [0.15, 0.2) is 0 Å². The smallest absolute Gasteiger partial charge is 0.133 e. The molecule has 0 saturated heterocycles. The highest BCUT2D eigenvalue weighted by Crippen LogP contribution is 2.26. The lowest BCUT2D eigenvalue weighted by molar-refractivity contribution is 0.583. The fraction of sp³-hybridized carbons (Fsp3) is 0.571. The van der Waals surface area contributed by atoms with Gasteiger partial charge in [0, 0.05) is 0 Å². The largest absolute Gasteiger partial charge is 0.226 e. The lowest BCUT2D eigenvalue weighted by Gasteiger charge is -2.13. The van der Waals surface area contributed by atoms with Crippen molar-refractivity contribution >= 4 is 11.5 Å². The van der Waals surface area contributed by atoms with Crippen molar-refractivity contribution in [2.75, 3.05) is 0 Å². The minimum atomic E-state index is -0.443. The molecule has 1 aromatic rings. The Morgan fingerprint density at radius 3 is 2.91 bits per heavy atom. The van der Waals surface area contributed by atoms with Gasteiger partial charge in [0.25, 0.3) is 0 Å². The SMILES string of the molecule is CCC(C)(C#N)c1ncns1. The van der Waals surface area contributed by atoms with Crippen molar-refractivity contribution in [3.8, 4) is 6.07 Å². The third-order valence-electron chi connectivity index (χ3n) is 1.79. The Bertz CT molecular complexity index is 262. The fourth-order valence-electron chi connectivity index (χ4n) is 0.694. The Hall–Kier alpha value is -0.950. The molecule has 1 heterocycles. The molecule has 0 aliphatic heterocycles. The van der Waals surface area contributed by atoms with Gasteiger partial charge in [0.05, 0.1) is 6.07 Å². The van der Waals surface area contributed by atoms with Crippen LogP contribution in [0, 0.1) is 11.3 Å². The molecule has 0 bridgehead atoms. The molecular formula is C7H9N3S. The normalized spacial score (nSPS) is 15.4. The van der Waals surface area contributed by atoms with Crippen molar-refractivity contribution in [1.82, 2.24) is 9.36 Å². The molecule has 1 unspecified atom stereocenters. The van der Waals surface area contributed by atoms with Crippen LogP contribution in [0.4, 0.5) is 0 Å². The maximum atomic E-state index is 8.85. The van der Waals surface area contributed by atoms with Gasteiger partial charge >= 0.3 is 0 Å². The average molecular weight is 167 g/mol. The molecule has 0 N–H and O–H groups in total. The van der Waals surface area contributed by atoms with E-state index < -0.39 is 5.41 Å². The van der Waals surface area contributed by atoms with Crippen LogP contribution in [0.5, 0.6) is 0 Å². The van der Waals surface area contributed by atoms with Crippen LogP contribution in [-0.2, 0) is 5.41 Å². The zero-order valence-electron chi connectivity index (χ0n) is 6.53. The summed E-state index contributed by atoms with van der Waals surface area (Å²) in [6, 6.07) is 2.24. The van der Waals surface area contributed by atoms with Crippen LogP contribution in [0.25, 0.3) is 0 Å². The second kappa shape index (κ2) is 2.97. The van der Waals surface area contributed by atoms with Crippen molar-refractivity contribution < 1.29 is 0 Å². The van der Waals surface area contributed by atoms with E-state index in [1.165, 1.54) is 17.9 Å². The Kier molecular flexibility index (Phi) is 2.20. The number of nitriles is 1. The Labute approximate surface area is 69.9 Å². The van der Waals surface area contributed by atoms with E-state index >= 15 is 0 Å². The van der Waals surface area contributed by atoms with Crippen molar-refractivity contribution in [1.29, 1.82) is 5.26 Å². The van der Waals surface area contributed by atoms with Crippen LogP contribution in [-0.4, -0.2) is 9.36 Å². The fourth-order valence-corrected chi connectivity index (χ4v) is 1.37. The summed E-state index contributed by atoms with van der Waals surface area (Å²) in [4.78, 5) is 4.01. The first-order chi connectivity index (χ1) is 5.23. The third kappa shape index (κ3) is 1.38. The van der Waals surface area contributed by atoms with Gasteiger partial charge < -0.3 is 0 Å². The zero-order valence-corrected chi connectivity index (χ0v) is 7.35. The first kappa shape index (κ1) is 8.15. The highest BCUT2D eigenvalue weighted by Gasteiger charge is 2.27. The molecule has 0 aromatic carbocycles. The van der Waals surface area contributed by atoms with Crippen LogP contribution in [0.3, 0.4) is 0 Å². The summed E-state index contributed by atoms with van der Waals surface area (Å²) in [6.45, 7) is 3.86. The van der Waals surface area contributed by atoms with Crippen LogP contribution in [0.1, 0.15) is 25.3 Å². The van der Waals surface area contributed by atoms with E-state index in [-0.39, 0.29) is 0 Å². The van der Waals surface area contributed by atoms with Crippen LogP contribution in [0.2, 0.25) is 0 Å². The number of rotatable bonds is 2. The first-order valence-electron chi connectivity index (χ1n) is 3.41. The molecular weight excluding hydrogens is 158 g/mol. The van der Waals surface area contributed by atoms with Gasteiger partial charge in [0.1, 0.15) is 16.7 Å². The maximum Gasteiger partial charge on any atom is 0.133 e. The molecule has 0 radical (unpaired) electrons. The predicted octanol–water partition coefficient (Wildman–Crippen LogP) is 1.73. The number of nitrogens with zero attached hydrogens (tertiary/aromatic N) is 3. The van der Waals surface area contributed by atoms with E-state index in [1.54, 1.807) is 0 Å². The van der Waals surface area contributed by atoms with Crippen LogP contribution >= 0.6 is 11.5 Å². The average Bonchev–Trinajstić information content (AvgIpc) is 2.55. The van der Waals surface area contributed by atoms with Gasteiger partial charge in [0.2, 0.25) is 0 Å². The Morgan fingerprint density at radius 1 is 1.82 bits per heavy atom. The monoisotopic (exact) mass is 167 g/mol. The Balaban J connectivity index is 2.99. The molecule has 1 atom stereocenters. The minimum Gasteiger partial charge on any atom is -0.226 e. The van der Waals surface area contributed by atoms with E-state index in [1.807, 2.05) is 13.8 Å². The van der Waals surface area contributed by atoms with E-state index in [0.717, 1.165) is 11.4 Å². The van der Waals surface area contributed by atoms with Gasteiger partial charge in [-0.2, -0.15) is 9.64 Å². The highest BCUT2D eigenvalue weighted by atomic mass is 32.1. The van der Waals surface area contributed by atoms with Crippen molar-refractivity contribution in [2.45, 2.75) is 25.7 Å². The van der Waals surface area contributed by atoms with E-state index in [2.05, 4.69) is 15.4 Å². The summed E-state index contributed by atoms with van der Waals surface area (Å²) in [5, 5.41) is 9.65. The second-order valence-electron chi connectivity index (χ2n) is 2.54. The molecule has 58 valence electrons. The number of hydrogen-bond donors (Lipinski definition) is 0. The van der Waals surface area contributed by atoms with Gasteiger partial charge in [-0.1, -0.05) is 6.92 Å². The molecule has 0 aliphatic rings. The Morgan fingerprint density at radius 2 is 2.55 bits per heavy atom. The molecule has 1 rings (SSSR count). The van der Waals surface area contributed by atoms with E-state index in [4.69, 9.17) is 5.26 Å². The van der Waals surface area contributed by atoms with Crippen LogP contribution in [0.15, 0.2) is 6.33 Å². The predicted molar refractivity (Wildman–Crippen MR) is 43.2 cm³/mol. The summed E-state index contributed by atoms with van der Waals surface area (Å²) >= 11 is 1.30. The standard InChI is InChI=1S/C7H9N3S/c1-3-7(2,4-8)6-9-5-10-11-6/h5H,3H2,1-2H3. The summed E-state index contributed by atoms with van der Waals surface area (Å²) in [5.74, 6) is 0. The third-order valence-corrected chi connectivity index (χ3v) is 2.72. The van der Waals surface area contributed by atoms with Crippen molar-refractivity contribution in [3.05, 3.63) is 11.3 Å². The highest BCUT2D eigenvalue weighted by molar-refractivity contribution is 7.05. The van der Waals surface area contributed by atoms with E-state index in [9.17, 15) is 0 Å². The van der Waals surface area contributed by atoms with Gasteiger partial charge in [-0.15, -0.1) is 0 Å². The lowest BCUT2D eigenvalue weighted by Crippen LogP contribution is -2.17. The molecule has 0 aliphatic carbocycles. The molecule has 0 spiro atoms. The molecule has 3 nitrogen and oxygen atoms in total. The van der Waals surface area contributed by atoms with Gasteiger partial charge in [-0.05, 0) is 24.9 Å². The van der Waals surface area contributed by atoms with Gasteiger partial charge in [-0.25, -0.2) is 4.98 Å². The maximum absolute atomic E-state index is 8.85. The second-order valence-corrected chi connectivity index (χ2v) is 3.32. The van der Waals surface area contributed by atoms with Crippen molar-refractivity contribution in [3.63, 3.8) is 0 Å². The first-order valence-corrected chi connectivity index (χ1v) is 4.18. The quantitative estimate of drug-likeness (QED) is 0.674.